The van der Waals surface area contributed by atoms with Crippen molar-refractivity contribution in [2.24, 2.45) is 11.8 Å². The second kappa shape index (κ2) is 17.0. The van der Waals surface area contributed by atoms with Crippen molar-refractivity contribution in [3.63, 3.8) is 0 Å². The molecule has 0 radical (unpaired) electrons. The van der Waals surface area contributed by atoms with E-state index < -0.39 is 0 Å². The van der Waals surface area contributed by atoms with E-state index in [1.807, 2.05) is 24.3 Å². The van der Waals surface area contributed by atoms with Gasteiger partial charge in [-0.1, -0.05) is 122 Å². The van der Waals surface area contributed by atoms with Gasteiger partial charge in [0.05, 0.1) is 0 Å². The summed E-state index contributed by atoms with van der Waals surface area (Å²) in [5.74, 6) is -1.15. The van der Waals surface area contributed by atoms with Crippen LogP contribution in [0.25, 0.3) is 0 Å². The van der Waals surface area contributed by atoms with E-state index in [2.05, 4.69) is 27.7 Å². The van der Waals surface area contributed by atoms with Crippen molar-refractivity contribution >= 4 is 45.2 Å². The molecule has 0 N–H and O–H groups in total. The van der Waals surface area contributed by atoms with Crippen LogP contribution in [0, 0.1) is 11.8 Å². The maximum Gasteiger partial charge on any atom is 0.260 e. The van der Waals surface area contributed by atoms with Crippen LogP contribution in [0.15, 0.2) is 121 Å². The Balaban J connectivity index is 1.58. The summed E-state index contributed by atoms with van der Waals surface area (Å²) < 4.78 is 0. The molecular formula is C38H40N2O4S2. The smallest absolute Gasteiger partial charge is 0.260 e. The fraction of sp³-hybridized carbons (Fsp3) is 0.263. The first kappa shape index (κ1) is 34.7. The summed E-state index contributed by atoms with van der Waals surface area (Å²) in [5.41, 5.74) is 1.78. The van der Waals surface area contributed by atoms with Crippen LogP contribution in [-0.4, -0.2) is 57.0 Å². The molecule has 46 heavy (non-hydrogen) atoms. The lowest BCUT2D eigenvalue weighted by molar-refractivity contribution is 0.0596. The Morgan fingerprint density at radius 2 is 0.652 bits per heavy atom. The predicted octanol–water partition coefficient (Wildman–Crippen LogP) is 8.38. The normalized spacial score (nSPS) is 12.4. The van der Waals surface area contributed by atoms with Gasteiger partial charge in [0.2, 0.25) is 0 Å². The molecule has 2 unspecified atom stereocenters. The highest BCUT2D eigenvalue weighted by Gasteiger charge is 2.32. The average Bonchev–Trinajstić information content (AvgIpc) is 3.09. The van der Waals surface area contributed by atoms with E-state index in [4.69, 9.17) is 0 Å². The van der Waals surface area contributed by atoms with Crippen LogP contribution in [0.3, 0.4) is 0 Å². The molecular weight excluding hydrogens is 613 g/mol. The number of hydrogen-bond acceptors (Lipinski definition) is 6. The van der Waals surface area contributed by atoms with E-state index in [0.29, 0.717) is 22.3 Å². The van der Waals surface area contributed by atoms with Crippen molar-refractivity contribution in [3.05, 3.63) is 144 Å². The minimum Gasteiger partial charge on any atom is -0.273 e. The number of rotatable bonds is 13. The minimum absolute atomic E-state index is 0.116. The average molecular weight is 653 g/mol. The number of carbonyl (C=O) groups excluding carboxylic acids is 4. The minimum atomic E-state index is -0.348. The van der Waals surface area contributed by atoms with Gasteiger partial charge in [-0.15, -0.1) is 0 Å². The lowest BCUT2D eigenvalue weighted by atomic mass is 10.1. The lowest BCUT2D eigenvalue weighted by Crippen LogP contribution is -2.43. The molecule has 8 heteroatoms. The SMILES string of the molecule is CC(C)C(CN(C(=O)c1ccccc1)C(=O)c1ccccc1)SSC(CN(C(=O)c1ccccc1)C(=O)c1ccccc1)C(C)C. The van der Waals surface area contributed by atoms with Crippen molar-refractivity contribution in [3.8, 4) is 0 Å². The first-order valence-electron chi connectivity index (χ1n) is 15.4. The number of hydrogen-bond donors (Lipinski definition) is 0. The van der Waals surface area contributed by atoms with Crippen LogP contribution in [0.5, 0.6) is 0 Å². The van der Waals surface area contributed by atoms with Crippen LogP contribution in [-0.2, 0) is 0 Å². The van der Waals surface area contributed by atoms with Crippen molar-refractivity contribution in [1.82, 2.24) is 9.80 Å². The fourth-order valence-corrected chi connectivity index (χ4v) is 8.37. The zero-order valence-electron chi connectivity index (χ0n) is 26.6. The summed E-state index contributed by atoms with van der Waals surface area (Å²) >= 11 is 0. The van der Waals surface area contributed by atoms with Gasteiger partial charge in [0.15, 0.2) is 0 Å². The Kier molecular flexibility index (Phi) is 12.8. The first-order chi connectivity index (χ1) is 22.2. The Hall–Kier alpha value is -4.14. The molecule has 0 aliphatic carbocycles. The predicted molar refractivity (Wildman–Crippen MR) is 189 cm³/mol. The van der Waals surface area contributed by atoms with E-state index >= 15 is 0 Å². The summed E-state index contributed by atoms with van der Waals surface area (Å²) in [4.78, 5) is 57.6. The van der Waals surface area contributed by atoms with E-state index in [0.717, 1.165) is 0 Å². The van der Waals surface area contributed by atoms with Crippen LogP contribution in [0.4, 0.5) is 0 Å². The number of carbonyl (C=O) groups is 4. The third-order valence-corrected chi connectivity index (χ3v) is 11.4. The highest BCUT2D eigenvalue weighted by Crippen LogP contribution is 2.39. The van der Waals surface area contributed by atoms with Gasteiger partial charge in [0, 0.05) is 45.8 Å². The molecule has 6 nitrogen and oxygen atoms in total. The molecule has 0 saturated carbocycles. The Bertz CT molecular complexity index is 1360. The van der Waals surface area contributed by atoms with Gasteiger partial charge in [0.1, 0.15) is 0 Å². The van der Waals surface area contributed by atoms with Gasteiger partial charge in [0.25, 0.3) is 23.6 Å². The standard InChI is InChI=1S/C38H40N2O4S2/c1-27(2)33(25-39(35(41)29-17-9-5-10-18-29)36(42)30-19-11-6-12-20-30)45-46-34(28(3)4)26-40(37(43)31-21-13-7-14-22-31)38(44)32-23-15-8-16-24-32/h5-24,27-28,33-34H,25-26H2,1-4H3. The first-order valence-corrected chi connectivity index (χ1v) is 17.7. The molecule has 0 bridgehead atoms. The number of imide groups is 2. The van der Waals surface area contributed by atoms with Gasteiger partial charge in [-0.25, -0.2) is 0 Å². The monoisotopic (exact) mass is 652 g/mol. The topological polar surface area (TPSA) is 74.8 Å². The summed E-state index contributed by atoms with van der Waals surface area (Å²) in [6.07, 6.45) is 0. The summed E-state index contributed by atoms with van der Waals surface area (Å²) in [5, 5.41) is -0.232. The molecule has 4 amide bonds. The van der Waals surface area contributed by atoms with Gasteiger partial charge in [-0.05, 0) is 60.4 Å². The van der Waals surface area contributed by atoms with Gasteiger partial charge < -0.3 is 0 Å². The van der Waals surface area contributed by atoms with E-state index in [9.17, 15) is 19.2 Å². The molecule has 0 aliphatic rings. The Morgan fingerprint density at radius 1 is 0.435 bits per heavy atom. The van der Waals surface area contributed by atoms with Gasteiger partial charge in [-0.2, -0.15) is 0 Å². The second-order valence-electron chi connectivity index (χ2n) is 11.7. The van der Waals surface area contributed by atoms with Gasteiger partial charge in [-0.3, -0.25) is 29.0 Å². The van der Waals surface area contributed by atoms with Crippen LogP contribution >= 0.6 is 21.6 Å². The zero-order valence-corrected chi connectivity index (χ0v) is 28.2. The molecule has 0 saturated heterocycles. The van der Waals surface area contributed by atoms with Crippen molar-refractivity contribution in [1.29, 1.82) is 0 Å². The molecule has 2 atom stereocenters. The zero-order chi connectivity index (χ0) is 33.1. The molecule has 4 rings (SSSR count). The summed E-state index contributed by atoms with van der Waals surface area (Å²) in [6, 6.07) is 35.4. The van der Waals surface area contributed by atoms with E-state index in [1.54, 1.807) is 119 Å². The molecule has 0 fully saturated rings. The molecule has 0 aromatic heterocycles. The van der Waals surface area contributed by atoms with Crippen molar-refractivity contribution in [2.75, 3.05) is 13.1 Å². The van der Waals surface area contributed by atoms with E-state index in [1.165, 1.54) is 9.80 Å². The van der Waals surface area contributed by atoms with Crippen LogP contribution in [0.1, 0.15) is 69.1 Å². The van der Waals surface area contributed by atoms with Crippen molar-refractivity contribution in [2.45, 2.75) is 38.2 Å². The highest BCUT2D eigenvalue weighted by molar-refractivity contribution is 8.77. The van der Waals surface area contributed by atoms with Gasteiger partial charge >= 0.3 is 0 Å². The lowest BCUT2D eigenvalue weighted by Gasteiger charge is -2.31. The molecule has 0 aliphatic heterocycles. The molecule has 0 heterocycles. The van der Waals surface area contributed by atoms with Crippen LogP contribution in [0.2, 0.25) is 0 Å². The number of nitrogens with zero attached hydrogens (tertiary/aromatic N) is 2. The fourth-order valence-electron chi connectivity index (χ4n) is 4.67. The summed E-state index contributed by atoms with van der Waals surface area (Å²) in [6.45, 7) is 8.71. The molecule has 4 aromatic carbocycles. The third kappa shape index (κ3) is 9.21. The maximum atomic E-state index is 13.7. The number of benzene rings is 4. The third-order valence-electron chi connectivity index (χ3n) is 7.58. The Labute approximate surface area is 280 Å². The molecule has 238 valence electrons. The van der Waals surface area contributed by atoms with Crippen molar-refractivity contribution < 1.29 is 19.2 Å². The van der Waals surface area contributed by atoms with E-state index in [-0.39, 0.29) is 59.1 Å². The Morgan fingerprint density at radius 3 is 0.848 bits per heavy atom. The number of amides is 4. The quantitative estimate of drug-likeness (QED) is 0.107. The maximum absolute atomic E-state index is 13.7. The highest BCUT2D eigenvalue weighted by atomic mass is 33.1. The summed E-state index contributed by atoms with van der Waals surface area (Å²) in [7, 11) is 3.20. The largest absolute Gasteiger partial charge is 0.273 e. The van der Waals surface area contributed by atoms with Crippen LogP contribution < -0.4 is 0 Å². The molecule has 0 spiro atoms. The molecule has 4 aromatic rings. The second-order valence-corrected chi connectivity index (χ2v) is 14.4.